The maximum atomic E-state index is 11.5. The average Bonchev–Trinajstić information content (AvgIpc) is 2.16. The van der Waals surface area contributed by atoms with Gasteiger partial charge < -0.3 is 5.11 Å². The molecule has 4 nitrogen and oxygen atoms in total. The van der Waals surface area contributed by atoms with Gasteiger partial charge >= 0.3 is 5.97 Å². The van der Waals surface area contributed by atoms with Gasteiger partial charge in [0.05, 0.1) is 10.3 Å². The van der Waals surface area contributed by atoms with Crippen LogP contribution in [-0.2, 0) is 20.0 Å². The molecule has 0 aliphatic heterocycles. The van der Waals surface area contributed by atoms with Crippen LogP contribution in [0.1, 0.15) is 24.8 Å². The first kappa shape index (κ1) is 13.4. The quantitative estimate of drug-likeness (QED) is 0.926. The van der Waals surface area contributed by atoms with E-state index in [1.54, 1.807) is 0 Å². The Morgan fingerprint density at radius 1 is 1.39 bits per heavy atom. The van der Waals surface area contributed by atoms with Crippen molar-refractivity contribution in [3.05, 3.63) is 28.8 Å². The molecule has 0 spiro atoms. The normalized spacial score (nSPS) is 18.1. The zero-order chi connectivity index (χ0) is 13.6. The fourth-order valence-electron chi connectivity index (χ4n) is 2.23. The molecular formula is C12H13ClO4S. The lowest BCUT2D eigenvalue weighted by atomic mass is 9.64. The van der Waals surface area contributed by atoms with E-state index in [1.807, 2.05) is 0 Å². The van der Waals surface area contributed by atoms with E-state index in [2.05, 4.69) is 0 Å². The summed E-state index contributed by atoms with van der Waals surface area (Å²) in [6.07, 6.45) is 2.89. The molecule has 1 aromatic carbocycles. The zero-order valence-electron chi connectivity index (χ0n) is 9.81. The van der Waals surface area contributed by atoms with Gasteiger partial charge in [-0.05, 0) is 36.6 Å². The van der Waals surface area contributed by atoms with Crippen LogP contribution in [0.5, 0.6) is 0 Å². The molecule has 98 valence electrons. The molecule has 1 aliphatic carbocycles. The van der Waals surface area contributed by atoms with Gasteiger partial charge in [-0.2, -0.15) is 0 Å². The van der Waals surface area contributed by atoms with Crippen LogP contribution in [0.2, 0.25) is 5.02 Å². The third-order valence-corrected chi connectivity index (χ3v) is 4.94. The Morgan fingerprint density at radius 3 is 2.39 bits per heavy atom. The lowest BCUT2D eigenvalue weighted by Gasteiger charge is -2.38. The first-order valence-electron chi connectivity index (χ1n) is 5.51. The summed E-state index contributed by atoms with van der Waals surface area (Å²) in [5.74, 6) is -0.943. The minimum atomic E-state index is -3.36. The van der Waals surface area contributed by atoms with Crippen molar-refractivity contribution in [1.29, 1.82) is 0 Å². The molecule has 0 heterocycles. The molecule has 1 aromatic rings. The zero-order valence-corrected chi connectivity index (χ0v) is 11.4. The van der Waals surface area contributed by atoms with E-state index in [1.165, 1.54) is 18.2 Å². The summed E-state index contributed by atoms with van der Waals surface area (Å²) in [6.45, 7) is 0. The Morgan fingerprint density at radius 2 is 2.00 bits per heavy atom. The highest BCUT2D eigenvalue weighted by Crippen LogP contribution is 2.47. The van der Waals surface area contributed by atoms with E-state index < -0.39 is 21.2 Å². The second kappa shape index (κ2) is 4.24. The molecule has 18 heavy (non-hydrogen) atoms. The van der Waals surface area contributed by atoms with Gasteiger partial charge in [0.1, 0.15) is 0 Å². The van der Waals surface area contributed by atoms with Crippen LogP contribution in [0, 0.1) is 0 Å². The van der Waals surface area contributed by atoms with E-state index >= 15 is 0 Å². The molecule has 0 bridgehead atoms. The van der Waals surface area contributed by atoms with E-state index in [0.29, 0.717) is 23.4 Å². The summed E-state index contributed by atoms with van der Waals surface area (Å²) >= 11 is 6.03. The molecule has 0 amide bonds. The first-order valence-corrected chi connectivity index (χ1v) is 7.78. The third-order valence-electron chi connectivity index (χ3n) is 3.50. The summed E-state index contributed by atoms with van der Waals surface area (Å²) in [4.78, 5) is 11.5. The minimum absolute atomic E-state index is 0.106. The van der Waals surface area contributed by atoms with Crippen LogP contribution in [0.15, 0.2) is 23.1 Å². The van der Waals surface area contributed by atoms with Crippen molar-refractivity contribution in [3.63, 3.8) is 0 Å². The maximum Gasteiger partial charge on any atom is 0.314 e. The van der Waals surface area contributed by atoms with Gasteiger partial charge in [0.25, 0.3) is 0 Å². The number of sulfone groups is 1. The molecule has 0 atom stereocenters. The van der Waals surface area contributed by atoms with Crippen LogP contribution in [0.3, 0.4) is 0 Å². The smallest absolute Gasteiger partial charge is 0.314 e. The number of carboxylic acid groups (broad SMARTS) is 1. The van der Waals surface area contributed by atoms with Crippen LogP contribution < -0.4 is 0 Å². The number of carboxylic acids is 1. The first-order chi connectivity index (χ1) is 8.27. The third kappa shape index (κ3) is 2.01. The van der Waals surface area contributed by atoms with Gasteiger partial charge in [-0.3, -0.25) is 4.79 Å². The molecular weight excluding hydrogens is 276 g/mol. The summed E-state index contributed by atoms with van der Waals surface area (Å²) < 4.78 is 23.0. The lowest BCUT2D eigenvalue weighted by Crippen LogP contribution is -2.42. The molecule has 0 unspecified atom stereocenters. The Kier molecular flexibility index (Phi) is 3.15. The molecule has 1 aliphatic rings. The number of hydrogen-bond donors (Lipinski definition) is 1. The fraction of sp³-hybridized carbons (Fsp3) is 0.417. The largest absolute Gasteiger partial charge is 0.481 e. The molecule has 1 fully saturated rings. The van der Waals surface area contributed by atoms with Gasteiger partial charge in [0.2, 0.25) is 0 Å². The van der Waals surface area contributed by atoms with Crippen molar-refractivity contribution in [2.75, 3.05) is 6.26 Å². The van der Waals surface area contributed by atoms with Crippen LogP contribution >= 0.6 is 11.6 Å². The van der Waals surface area contributed by atoms with E-state index in [0.717, 1.165) is 12.7 Å². The van der Waals surface area contributed by atoms with E-state index in [-0.39, 0.29) is 4.90 Å². The summed E-state index contributed by atoms with van der Waals surface area (Å²) in [5, 5.41) is 9.66. The highest BCUT2D eigenvalue weighted by atomic mass is 35.5. The van der Waals surface area contributed by atoms with Crippen molar-refractivity contribution in [2.45, 2.75) is 29.6 Å². The van der Waals surface area contributed by atoms with Crippen molar-refractivity contribution < 1.29 is 18.3 Å². The second-order valence-corrected chi connectivity index (χ2v) is 7.08. The second-order valence-electron chi connectivity index (χ2n) is 4.65. The molecule has 1 N–H and O–H groups in total. The molecule has 0 radical (unpaired) electrons. The van der Waals surface area contributed by atoms with Crippen molar-refractivity contribution >= 4 is 27.4 Å². The number of carbonyl (C=O) groups is 1. The van der Waals surface area contributed by atoms with Gasteiger partial charge in [-0.1, -0.05) is 18.0 Å². The number of benzene rings is 1. The monoisotopic (exact) mass is 288 g/mol. The van der Waals surface area contributed by atoms with Gasteiger partial charge in [-0.25, -0.2) is 8.42 Å². The van der Waals surface area contributed by atoms with E-state index in [4.69, 9.17) is 11.6 Å². The predicted octanol–water partition coefficient (Wildman–Crippen LogP) is 2.25. The maximum absolute atomic E-state index is 11.5. The highest BCUT2D eigenvalue weighted by molar-refractivity contribution is 7.90. The number of hydrogen-bond acceptors (Lipinski definition) is 3. The molecule has 6 heteroatoms. The summed E-state index contributed by atoms with van der Waals surface area (Å²) in [5.41, 5.74) is -0.608. The summed E-state index contributed by atoms with van der Waals surface area (Å²) in [7, 11) is -3.36. The van der Waals surface area contributed by atoms with Gasteiger partial charge in [0.15, 0.2) is 9.84 Å². The van der Waals surface area contributed by atoms with E-state index in [9.17, 15) is 18.3 Å². The van der Waals surface area contributed by atoms with Crippen molar-refractivity contribution in [1.82, 2.24) is 0 Å². The minimum Gasteiger partial charge on any atom is -0.481 e. The van der Waals surface area contributed by atoms with Crippen molar-refractivity contribution in [2.24, 2.45) is 0 Å². The molecule has 1 saturated carbocycles. The fourth-order valence-corrected chi connectivity index (χ4v) is 3.18. The predicted molar refractivity (Wildman–Crippen MR) is 67.7 cm³/mol. The van der Waals surface area contributed by atoms with Crippen LogP contribution in [0.4, 0.5) is 0 Å². The number of halogens is 1. The van der Waals surface area contributed by atoms with Crippen LogP contribution in [0.25, 0.3) is 0 Å². The highest BCUT2D eigenvalue weighted by Gasteiger charge is 2.47. The standard InChI is InChI=1S/C12H13ClO4S/c1-18(16,17)8-3-4-10(13)9(7-8)12(11(14)15)5-2-6-12/h3-4,7H,2,5-6H2,1H3,(H,14,15). The van der Waals surface area contributed by atoms with Gasteiger partial charge in [-0.15, -0.1) is 0 Å². The van der Waals surface area contributed by atoms with Crippen LogP contribution in [-0.4, -0.2) is 25.7 Å². The van der Waals surface area contributed by atoms with Gasteiger partial charge in [0, 0.05) is 11.3 Å². The molecule has 0 saturated heterocycles. The SMILES string of the molecule is CS(=O)(=O)c1ccc(Cl)c(C2(C(=O)O)CCC2)c1. The Hall–Kier alpha value is -1.07. The summed E-state index contributed by atoms with van der Waals surface area (Å²) in [6, 6.07) is 4.25. The Bertz CT molecular complexity index is 603. The Labute approximate surface area is 110 Å². The topological polar surface area (TPSA) is 71.4 Å². The van der Waals surface area contributed by atoms with Crippen molar-refractivity contribution in [3.8, 4) is 0 Å². The molecule has 0 aromatic heterocycles. The Balaban J connectivity index is 2.60. The molecule has 2 rings (SSSR count). The lowest BCUT2D eigenvalue weighted by molar-refractivity contribution is -0.147. The number of aliphatic carboxylic acids is 1. The average molecular weight is 289 g/mol. The number of rotatable bonds is 3.